The molecule has 0 amide bonds. The Morgan fingerprint density at radius 2 is 1.75 bits per heavy atom. The van der Waals surface area contributed by atoms with E-state index in [-0.39, 0.29) is 19.0 Å². The second-order valence-corrected chi connectivity index (χ2v) is 12.5. The van der Waals surface area contributed by atoms with Crippen LogP contribution in [0.1, 0.15) is 69.1 Å². The van der Waals surface area contributed by atoms with Crippen LogP contribution in [0.25, 0.3) is 0 Å². The van der Waals surface area contributed by atoms with Crippen molar-refractivity contribution in [2.45, 2.75) is 66.7 Å². The minimum absolute atomic E-state index is 0.0182. The van der Waals surface area contributed by atoms with Gasteiger partial charge in [0.2, 0.25) is 0 Å². The first-order valence-corrected chi connectivity index (χ1v) is 13.7. The number of ether oxygens (including phenoxy) is 1. The molecule has 32 heavy (non-hydrogen) atoms. The van der Waals surface area contributed by atoms with Crippen LogP contribution >= 0.6 is 11.3 Å². The van der Waals surface area contributed by atoms with Gasteiger partial charge >= 0.3 is 0 Å². The highest BCUT2D eigenvalue weighted by atomic mass is 32.2. The predicted molar refractivity (Wildman–Crippen MR) is 130 cm³/mol. The molecule has 5 nitrogen and oxygen atoms in total. The summed E-state index contributed by atoms with van der Waals surface area (Å²) in [5, 5.41) is 0. The minimum Gasteiger partial charge on any atom is -0.491 e. The molecule has 0 bridgehead atoms. The number of rotatable bonds is 9. The molecule has 0 radical (unpaired) electrons. The van der Waals surface area contributed by atoms with E-state index >= 15 is 0 Å². The van der Waals surface area contributed by atoms with Gasteiger partial charge in [-0.2, -0.15) is 8.42 Å². The summed E-state index contributed by atoms with van der Waals surface area (Å²) in [5.74, 6) is 0.982. The number of carbonyl (C=O) groups is 1. The number of thiophene rings is 1. The summed E-state index contributed by atoms with van der Waals surface area (Å²) in [7, 11) is -3.47. The first-order valence-electron chi connectivity index (χ1n) is 11.1. The van der Waals surface area contributed by atoms with Crippen molar-refractivity contribution in [1.82, 2.24) is 0 Å². The lowest BCUT2D eigenvalue weighted by molar-refractivity contribution is 0.0985. The van der Waals surface area contributed by atoms with Crippen LogP contribution in [0, 0.1) is 26.2 Å². The molecule has 1 heterocycles. The number of Topliss-reactive ketones (excluding diaryl/α,β-unsaturated/α-hetero) is 1. The van der Waals surface area contributed by atoms with Gasteiger partial charge in [-0.15, -0.1) is 11.3 Å². The molecule has 0 unspecified atom stereocenters. The Labute approximate surface area is 196 Å². The lowest BCUT2D eigenvalue weighted by Crippen LogP contribution is -2.22. The monoisotopic (exact) mass is 478 g/mol. The maximum Gasteiger partial charge on any atom is 0.264 e. The maximum absolute atomic E-state index is 13.1. The van der Waals surface area contributed by atoms with Crippen LogP contribution in [0.5, 0.6) is 5.75 Å². The lowest BCUT2D eigenvalue weighted by Gasteiger charge is -2.30. The molecular formula is C25H34O5S2. The van der Waals surface area contributed by atoms with Crippen molar-refractivity contribution in [3.63, 3.8) is 0 Å². The maximum atomic E-state index is 13.1. The van der Waals surface area contributed by atoms with E-state index in [1.54, 1.807) is 11.3 Å². The topological polar surface area (TPSA) is 69.7 Å². The molecule has 3 rings (SSSR count). The Balaban J connectivity index is 1.63. The molecule has 2 aromatic rings. The summed E-state index contributed by atoms with van der Waals surface area (Å²) >= 11 is 1.67. The van der Waals surface area contributed by atoms with E-state index in [0.29, 0.717) is 18.3 Å². The van der Waals surface area contributed by atoms with Crippen LogP contribution in [0.3, 0.4) is 0 Å². The molecule has 0 saturated carbocycles. The molecule has 7 heteroatoms. The van der Waals surface area contributed by atoms with Crippen LogP contribution in [0.15, 0.2) is 12.1 Å². The van der Waals surface area contributed by atoms with Crippen LogP contribution < -0.4 is 4.74 Å². The normalized spacial score (nSPS) is 15.4. The van der Waals surface area contributed by atoms with Gasteiger partial charge in [0.15, 0.2) is 5.78 Å². The Bertz CT molecular complexity index is 1090. The third kappa shape index (κ3) is 6.21. The van der Waals surface area contributed by atoms with Gasteiger partial charge < -0.3 is 4.74 Å². The summed E-state index contributed by atoms with van der Waals surface area (Å²) < 4.78 is 32.6. The fraction of sp³-hybridized carbons (Fsp3) is 0.560. The summed E-state index contributed by atoms with van der Waals surface area (Å²) in [6.45, 7) is 10.8. The third-order valence-corrected chi connectivity index (χ3v) is 7.89. The lowest BCUT2D eigenvalue weighted by atomic mass is 9.74. The van der Waals surface area contributed by atoms with Crippen molar-refractivity contribution in [2.24, 2.45) is 5.41 Å². The number of ketones is 1. The fourth-order valence-corrected chi connectivity index (χ4v) is 6.05. The standard InChI is InChI=1S/C25H34O5S2/c1-16-13-19(14-17(2)23(16)29-11-12-30-32(6,27)28)7-8-22(26)24-20-9-10-25(4,5)15-21(20)18(3)31-24/h13-14H,7-12,15H2,1-6H3. The molecule has 0 fully saturated rings. The highest BCUT2D eigenvalue weighted by Gasteiger charge is 2.31. The number of benzene rings is 1. The van der Waals surface area contributed by atoms with E-state index in [2.05, 4.69) is 20.8 Å². The second kappa shape index (κ2) is 9.65. The molecule has 0 aliphatic heterocycles. The van der Waals surface area contributed by atoms with E-state index in [1.807, 2.05) is 26.0 Å². The highest BCUT2D eigenvalue weighted by molar-refractivity contribution is 7.85. The zero-order chi connectivity index (χ0) is 23.7. The van der Waals surface area contributed by atoms with Crippen molar-refractivity contribution in [3.05, 3.63) is 49.7 Å². The van der Waals surface area contributed by atoms with Crippen LogP contribution in [0.2, 0.25) is 0 Å². The van der Waals surface area contributed by atoms with Gasteiger partial charge in [0.1, 0.15) is 19.0 Å². The smallest absolute Gasteiger partial charge is 0.264 e. The van der Waals surface area contributed by atoms with E-state index in [1.165, 1.54) is 16.0 Å². The van der Waals surface area contributed by atoms with Gasteiger partial charge in [0.05, 0.1) is 11.1 Å². The highest BCUT2D eigenvalue weighted by Crippen LogP contribution is 2.41. The van der Waals surface area contributed by atoms with Crippen molar-refractivity contribution < 1.29 is 22.1 Å². The van der Waals surface area contributed by atoms with E-state index < -0.39 is 10.1 Å². The van der Waals surface area contributed by atoms with Crippen LogP contribution in [-0.2, 0) is 33.6 Å². The molecule has 1 aliphatic carbocycles. The Morgan fingerprint density at radius 3 is 2.38 bits per heavy atom. The van der Waals surface area contributed by atoms with Crippen molar-refractivity contribution >= 4 is 27.2 Å². The Morgan fingerprint density at radius 1 is 1.09 bits per heavy atom. The number of aryl methyl sites for hydroxylation is 4. The SMILES string of the molecule is Cc1cc(CCC(=O)c2sc(C)c3c2CCC(C)(C)C3)cc(C)c1OCCOS(C)(=O)=O. The molecule has 0 spiro atoms. The first-order chi connectivity index (χ1) is 14.9. The quantitative estimate of drug-likeness (QED) is 0.276. The third-order valence-electron chi connectivity index (χ3n) is 6.07. The van der Waals surface area contributed by atoms with Gasteiger partial charge in [0.25, 0.3) is 10.1 Å². The zero-order valence-corrected chi connectivity index (χ0v) is 21.6. The van der Waals surface area contributed by atoms with Crippen LogP contribution in [0.4, 0.5) is 0 Å². The van der Waals surface area contributed by atoms with Gasteiger partial charge in [-0.3, -0.25) is 8.98 Å². The van der Waals surface area contributed by atoms with Crippen molar-refractivity contribution in [1.29, 1.82) is 0 Å². The summed E-state index contributed by atoms with van der Waals surface area (Å²) in [6.07, 6.45) is 5.40. The van der Waals surface area contributed by atoms with E-state index in [0.717, 1.165) is 52.8 Å². The molecule has 0 saturated heterocycles. The Hall–Kier alpha value is -1.70. The molecule has 0 N–H and O–H groups in total. The first kappa shape index (κ1) is 24.9. The zero-order valence-electron chi connectivity index (χ0n) is 20.0. The average Bonchev–Trinajstić information content (AvgIpc) is 2.99. The fourth-order valence-electron chi connectivity index (χ4n) is 4.49. The summed E-state index contributed by atoms with van der Waals surface area (Å²) in [4.78, 5) is 15.3. The second-order valence-electron chi connectivity index (χ2n) is 9.64. The summed E-state index contributed by atoms with van der Waals surface area (Å²) in [6, 6.07) is 4.09. The van der Waals surface area contributed by atoms with Crippen molar-refractivity contribution in [2.75, 3.05) is 19.5 Å². The number of hydrogen-bond acceptors (Lipinski definition) is 6. The molecule has 176 valence electrons. The van der Waals surface area contributed by atoms with Gasteiger partial charge in [-0.05, 0) is 79.7 Å². The van der Waals surface area contributed by atoms with E-state index in [9.17, 15) is 13.2 Å². The number of carbonyl (C=O) groups excluding carboxylic acids is 1. The molecule has 1 aliphatic rings. The average molecular weight is 479 g/mol. The van der Waals surface area contributed by atoms with Gasteiger partial charge in [-0.25, -0.2) is 0 Å². The number of hydrogen-bond donors (Lipinski definition) is 0. The molecule has 1 aromatic carbocycles. The van der Waals surface area contributed by atoms with Crippen molar-refractivity contribution in [3.8, 4) is 5.75 Å². The van der Waals surface area contributed by atoms with Gasteiger partial charge in [0, 0.05) is 11.3 Å². The molecule has 1 aromatic heterocycles. The minimum atomic E-state index is -3.47. The Kier molecular flexibility index (Phi) is 7.52. The van der Waals surface area contributed by atoms with Gasteiger partial charge in [-0.1, -0.05) is 26.0 Å². The molecule has 0 atom stereocenters. The van der Waals surface area contributed by atoms with E-state index in [4.69, 9.17) is 8.92 Å². The summed E-state index contributed by atoms with van der Waals surface area (Å²) in [5.41, 5.74) is 6.06. The predicted octanol–water partition coefficient (Wildman–Crippen LogP) is 5.36. The number of fused-ring (bicyclic) bond motifs is 1. The largest absolute Gasteiger partial charge is 0.491 e. The molecular weight excluding hydrogens is 444 g/mol. The van der Waals surface area contributed by atoms with Crippen LogP contribution in [-0.4, -0.2) is 33.7 Å².